The van der Waals surface area contributed by atoms with Crippen molar-refractivity contribution >= 4 is 17.5 Å². The summed E-state index contributed by atoms with van der Waals surface area (Å²) < 4.78 is 0. The number of carbonyl (C=O) groups excluding carboxylic acids is 1. The predicted molar refractivity (Wildman–Crippen MR) is 76.5 cm³/mol. The molecular formula is C14H20N2OS. The molecule has 18 heavy (non-hydrogen) atoms. The van der Waals surface area contributed by atoms with Crippen LogP contribution in [0.25, 0.3) is 0 Å². The molecule has 1 N–H and O–H groups in total. The van der Waals surface area contributed by atoms with Crippen molar-refractivity contribution in [2.24, 2.45) is 0 Å². The van der Waals surface area contributed by atoms with Gasteiger partial charge in [0, 0.05) is 23.5 Å². The van der Waals surface area contributed by atoms with Gasteiger partial charge >= 0.3 is 0 Å². The first-order valence-electron chi connectivity index (χ1n) is 6.40. The van der Waals surface area contributed by atoms with Crippen LogP contribution in [0.2, 0.25) is 0 Å². The maximum absolute atomic E-state index is 12.2. The van der Waals surface area contributed by atoms with E-state index in [-0.39, 0.29) is 5.78 Å². The van der Waals surface area contributed by atoms with E-state index >= 15 is 0 Å². The van der Waals surface area contributed by atoms with Crippen molar-refractivity contribution in [2.45, 2.75) is 11.3 Å². The number of ketones is 1. The normalized spacial score (nSPS) is 17.4. The average molecular weight is 264 g/mol. The van der Waals surface area contributed by atoms with Gasteiger partial charge in [0.2, 0.25) is 0 Å². The topological polar surface area (TPSA) is 32.3 Å². The average Bonchev–Trinajstić information content (AvgIpc) is 2.67. The van der Waals surface area contributed by atoms with Crippen molar-refractivity contribution in [3.63, 3.8) is 0 Å². The minimum atomic E-state index is 0.226. The molecule has 3 nitrogen and oxygen atoms in total. The molecule has 2 rings (SSSR count). The van der Waals surface area contributed by atoms with Gasteiger partial charge in [0.25, 0.3) is 0 Å². The van der Waals surface area contributed by atoms with Crippen LogP contribution < -0.4 is 5.32 Å². The molecule has 1 saturated heterocycles. The fraction of sp³-hybridized carbons (Fsp3) is 0.500. The van der Waals surface area contributed by atoms with E-state index < -0.39 is 0 Å². The third-order valence-electron chi connectivity index (χ3n) is 3.21. The van der Waals surface area contributed by atoms with E-state index in [0.29, 0.717) is 6.54 Å². The third kappa shape index (κ3) is 3.83. The van der Waals surface area contributed by atoms with Crippen molar-refractivity contribution in [3.05, 3.63) is 29.8 Å². The van der Waals surface area contributed by atoms with Crippen LogP contribution in [0.4, 0.5) is 0 Å². The highest BCUT2D eigenvalue weighted by Gasteiger charge is 2.13. The Labute approximate surface area is 113 Å². The van der Waals surface area contributed by atoms with Gasteiger partial charge in [-0.25, -0.2) is 0 Å². The zero-order valence-electron chi connectivity index (χ0n) is 10.8. The van der Waals surface area contributed by atoms with Crippen molar-refractivity contribution in [1.82, 2.24) is 10.2 Å². The quantitative estimate of drug-likeness (QED) is 0.665. The molecule has 0 saturated carbocycles. The van der Waals surface area contributed by atoms with Crippen LogP contribution in [0.15, 0.2) is 29.2 Å². The minimum Gasteiger partial charge on any atom is -0.315 e. The third-order valence-corrected chi connectivity index (χ3v) is 3.96. The predicted octanol–water partition coefficient (Wildman–Crippen LogP) is 1.89. The van der Waals surface area contributed by atoms with Crippen molar-refractivity contribution in [2.75, 3.05) is 39.0 Å². The number of rotatable bonds is 4. The smallest absolute Gasteiger partial charge is 0.176 e. The van der Waals surface area contributed by atoms with E-state index in [0.717, 1.165) is 38.2 Å². The molecule has 1 aliphatic heterocycles. The van der Waals surface area contributed by atoms with Gasteiger partial charge in [-0.3, -0.25) is 9.69 Å². The monoisotopic (exact) mass is 264 g/mol. The Bertz CT molecular complexity index is 383. The Balaban J connectivity index is 1.93. The second-order valence-electron chi connectivity index (χ2n) is 4.53. The largest absolute Gasteiger partial charge is 0.315 e. The summed E-state index contributed by atoms with van der Waals surface area (Å²) in [7, 11) is 0. The Morgan fingerprint density at radius 3 is 2.78 bits per heavy atom. The summed E-state index contributed by atoms with van der Waals surface area (Å²) in [5, 5.41) is 3.35. The molecule has 1 heterocycles. The summed E-state index contributed by atoms with van der Waals surface area (Å²) in [6.45, 7) is 4.57. The highest BCUT2D eigenvalue weighted by molar-refractivity contribution is 7.98. The van der Waals surface area contributed by atoms with Crippen LogP contribution in [0, 0.1) is 0 Å². The molecule has 0 aliphatic carbocycles. The second kappa shape index (κ2) is 6.92. The van der Waals surface area contributed by atoms with Crippen LogP contribution in [0.3, 0.4) is 0 Å². The van der Waals surface area contributed by atoms with Gasteiger partial charge < -0.3 is 5.32 Å². The summed E-state index contributed by atoms with van der Waals surface area (Å²) in [6.07, 6.45) is 3.17. The fourth-order valence-electron chi connectivity index (χ4n) is 2.13. The number of hydrogen-bond donors (Lipinski definition) is 1. The number of nitrogens with zero attached hydrogens (tertiary/aromatic N) is 1. The molecule has 0 spiro atoms. The number of Topliss-reactive ketones (excluding diaryl/α,β-unsaturated/α-hetero) is 1. The summed E-state index contributed by atoms with van der Waals surface area (Å²) in [6, 6.07) is 7.90. The Hall–Kier alpha value is -0.840. The SMILES string of the molecule is CSc1ccc(C(=O)CN2CCCNCC2)cc1. The lowest BCUT2D eigenvalue weighted by molar-refractivity contribution is 0.0935. The number of thioether (sulfide) groups is 1. The fourth-order valence-corrected chi connectivity index (χ4v) is 2.54. The van der Waals surface area contributed by atoms with Gasteiger partial charge in [-0.15, -0.1) is 11.8 Å². The summed E-state index contributed by atoms with van der Waals surface area (Å²) >= 11 is 1.70. The first-order valence-corrected chi connectivity index (χ1v) is 7.62. The van der Waals surface area contributed by atoms with E-state index in [2.05, 4.69) is 10.2 Å². The molecule has 0 aromatic heterocycles. The van der Waals surface area contributed by atoms with Crippen molar-refractivity contribution < 1.29 is 4.79 Å². The van der Waals surface area contributed by atoms with Crippen LogP contribution in [-0.4, -0.2) is 49.7 Å². The van der Waals surface area contributed by atoms with Gasteiger partial charge in [-0.1, -0.05) is 12.1 Å². The first kappa shape index (κ1) is 13.6. The van der Waals surface area contributed by atoms with Gasteiger partial charge in [-0.05, 0) is 37.9 Å². The molecular weight excluding hydrogens is 244 g/mol. The van der Waals surface area contributed by atoms with Gasteiger partial charge in [0.15, 0.2) is 5.78 Å². The maximum Gasteiger partial charge on any atom is 0.176 e. The van der Waals surface area contributed by atoms with Crippen LogP contribution in [0.1, 0.15) is 16.8 Å². The van der Waals surface area contributed by atoms with Gasteiger partial charge in [0.05, 0.1) is 6.54 Å². The molecule has 0 amide bonds. The zero-order valence-corrected chi connectivity index (χ0v) is 11.6. The lowest BCUT2D eigenvalue weighted by atomic mass is 10.1. The Morgan fingerprint density at radius 1 is 1.28 bits per heavy atom. The molecule has 0 bridgehead atoms. The van der Waals surface area contributed by atoms with Crippen LogP contribution in [-0.2, 0) is 0 Å². The Morgan fingerprint density at radius 2 is 2.06 bits per heavy atom. The van der Waals surface area contributed by atoms with E-state index in [4.69, 9.17) is 0 Å². The molecule has 1 aromatic carbocycles. The summed E-state index contributed by atoms with van der Waals surface area (Å²) in [4.78, 5) is 15.6. The maximum atomic E-state index is 12.2. The van der Waals surface area contributed by atoms with E-state index in [1.165, 1.54) is 4.90 Å². The molecule has 4 heteroatoms. The van der Waals surface area contributed by atoms with Crippen molar-refractivity contribution in [3.8, 4) is 0 Å². The number of benzene rings is 1. The van der Waals surface area contributed by atoms with Crippen LogP contribution >= 0.6 is 11.8 Å². The molecule has 1 aliphatic rings. The van der Waals surface area contributed by atoms with E-state index in [9.17, 15) is 4.79 Å². The highest BCUT2D eigenvalue weighted by atomic mass is 32.2. The minimum absolute atomic E-state index is 0.226. The van der Waals surface area contributed by atoms with E-state index in [1.807, 2.05) is 30.5 Å². The lowest BCUT2D eigenvalue weighted by Crippen LogP contribution is -2.33. The second-order valence-corrected chi connectivity index (χ2v) is 5.41. The van der Waals surface area contributed by atoms with E-state index in [1.54, 1.807) is 11.8 Å². The van der Waals surface area contributed by atoms with Crippen LogP contribution in [0.5, 0.6) is 0 Å². The Kier molecular flexibility index (Phi) is 5.23. The molecule has 0 unspecified atom stereocenters. The molecule has 1 aromatic rings. The lowest BCUT2D eigenvalue weighted by Gasteiger charge is -2.18. The zero-order chi connectivity index (χ0) is 12.8. The molecule has 0 atom stereocenters. The molecule has 98 valence electrons. The first-order chi connectivity index (χ1) is 8.79. The summed E-state index contributed by atoms with van der Waals surface area (Å²) in [5.41, 5.74) is 0.824. The van der Waals surface area contributed by atoms with Crippen molar-refractivity contribution in [1.29, 1.82) is 0 Å². The molecule has 0 radical (unpaired) electrons. The van der Waals surface area contributed by atoms with Gasteiger partial charge in [0.1, 0.15) is 0 Å². The highest BCUT2D eigenvalue weighted by Crippen LogP contribution is 2.15. The van der Waals surface area contributed by atoms with Gasteiger partial charge in [-0.2, -0.15) is 0 Å². The molecule has 1 fully saturated rings. The number of nitrogens with one attached hydrogen (secondary N) is 1. The number of hydrogen-bond acceptors (Lipinski definition) is 4. The standard InChI is InChI=1S/C14H20N2OS/c1-18-13-5-3-12(4-6-13)14(17)11-16-9-2-7-15-8-10-16/h3-6,15H,2,7-11H2,1H3. The summed E-state index contributed by atoms with van der Waals surface area (Å²) in [5.74, 6) is 0.226. The number of carbonyl (C=O) groups is 1.